The van der Waals surface area contributed by atoms with Crippen molar-refractivity contribution in [2.45, 2.75) is 40.2 Å². The number of nitrogens with zero attached hydrogens (tertiary/aromatic N) is 3. The number of rotatable bonds is 4. The third-order valence-electron chi connectivity index (χ3n) is 4.97. The predicted octanol–water partition coefficient (Wildman–Crippen LogP) is 3.11. The summed E-state index contributed by atoms with van der Waals surface area (Å²) in [4.78, 5) is 26.6. The minimum absolute atomic E-state index is 0.109. The molecule has 1 aromatic heterocycles. The second kappa shape index (κ2) is 7.85. The summed E-state index contributed by atoms with van der Waals surface area (Å²) in [7, 11) is 0. The Kier molecular flexibility index (Phi) is 5.55. The smallest absolute Gasteiger partial charge is 0.266 e. The number of carbonyl (C=O) groups is 1. The summed E-state index contributed by atoms with van der Waals surface area (Å²) in [6.45, 7) is 8.35. The second-order valence-electron chi connectivity index (χ2n) is 7.64. The fourth-order valence-corrected chi connectivity index (χ4v) is 3.71. The summed E-state index contributed by atoms with van der Waals surface area (Å²) < 4.78 is 1.41. The monoisotopic (exact) mass is 353 g/mol. The van der Waals surface area contributed by atoms with Gasteiger partial charge in [0.2, 0.25) is 5.91 Å². The van der Waals surface area contributed by atoms with Gasteiger partial charge in [0.05, 0.1) is 12.2 Å². The van der Waals surface area contributed by atoms with E-state index in [1.807, 2.05) is 36.1 Å². The van der Waals surface area contributed by atoms with Crippen LogP contribution in [0.5, 0.6) is 0 Å². The average molecular weight is 353 g/mol. The van der Waals surface area contributed by atoms with E-state index in [1.165, 1.54) is 22.7 Å². The molecule has 0 aliphatic carbocycles. The maximum atomic E-state index is 12.5. The van der Waals surface area contributed by atoms with E-state index in [1.54, 1.807) is 6.07 Å². The Bertz CT molecular complexity index is 816. The highest BCUT2D eigenvalue weighted by Gasteiger charge is 2.25. The first kappa shape index (κ1) is 18.4. The molecule has 2 aromatic rings. The maximum absolute atomic E-state index is 12.5. The van der Waals surface area contributed by atoms with Crippen LogP contribution >= 0.6 is 0 Å². The van der Waals surface area contributed by atoms with Gasteiger partial charge in [0, 0.05) is 31.1 Å². The van der Waals surface area contributed by atoms with Crippen molar-refractivity contribution in [3.8, 4) is 11.3 Å². The van der Waals surface area contributed by atoms with Gasteiger partial charge in [-0.25, -0.2) is 4.68 Å². The Morgan fingerprint density at radius 2 is 1.73 bits per heavy atom. The number of hydrogen-bond donors (Lipinski definition) is 0. The van der Waals surface area contributed by atoms with E-state index in [9.17, 15) is 9.59 Å². The van der Waals surface area contributed by atoms with E-state index in [2.05, 4.69) is 18.9 Å². The zero-order chi connectivity index (χ0) is 18.7. The fraction of sp³-hybridized carbons (Fsp3) is 0.476. The molecule has 0 saturated carbocycles. The van der Waals surface area contributed by atoms with E-state index in [0.717, 1.165) is 24.3 Å². The topological polar surface area (TPSA) is 55.2 Å². The zero-order valence-corrected chi connectivity index (χ0v) is 15.8. The number of carbonyl (C=O) groups excluding carboxylic acids is 1. The number of benzene rings is 1. The van der Waals surface area contributed by atoms with Crippen molar-refractivity contribution in [2.75, 3.05) is 13.1 Å². The molecule has 0 radical (unpaired) electrons. The van der Waals surface area contributed by atoms with E-state index < -0.39 is 0 Å². The summed E-state index contributed by atoms with van der Waals surface area (Å²) in [5, 5.41) is 4.45. The van der Waals surface area contributed by atoms with Crippen molar-refractivity contribution in [3.63, 3.8) is 0 Å². The largest absolute Gasteiger partial charge is 0.342 e. The van der Waals surface area contributed by atoms with E-state index in [4.69, 9.17) is 0 Å². The first-order chi connectivity index (χ1) is 12.4. The third-order valence-corrected chi connectivity index (χ3v) is 4.97. The van der Waals surface area contributed by atoms with Gasteiger partial charge in [0.15, 0.2) is 0 Å². The number of aromatic nitrogens is 2. The molecule has 1 aromatic carbocycles. The molecule has 0 bridgehead atoms. The van der Waals surface area contributed by atoms with Crippen LogP contribution in [0.2, 0.25) is 0 Å². The van der Waals surface area contributed by atoms with Gasteiger partial charge in [-0.3, -0.25) is 9.59 Å². The van der Waals surface area contributed by atoms with Crippen molar-refractivity contribution in [1.82, 2.24) is 14.7 Å². The van der Waals surface area contributed by atoms with Crippen molar-refractivity contribution in [1.29, 1.82) is 0 Å². The van der Waals surface area contributed by atoms with Crippen LogP contribution in [0.25, 0.3) is 11.3 Å². The molecule has 0 N–H and O–H groups in total. The highest BCUT2D eigenvalue weighted by atomic mass is 16.2. The van der Waals surface area contributed by atoms with Crippen LogP contribution < -0.4 is 5.56 Å². The first-order valence-corrected chi connectivity index (χ1v) is 9.35. The zero-order valence-electron chi connectivity index (χ0n) is 15.8. The van der Waals surface area contributed by atoms with E-state index in [-0.39, 0.29) is 11.5 Å². The molecule has 0 spiro atoms. The molecule has 1 amide bonds. The number of likely N-dealkylation sites (tertiary alicyclic amines) is 1. The standard InChI is InChI=1S/C21H27N3O2/c1-15-4-6-18(7-5-15)19-8-9-21(26)24(22-19)11-10-20(25)23-13-16(2)12-17(3)14-23/h4-9,16-17H,10-14H2,1-3H3. The molecule has 1 aliphatic rings. The molecule has 3 rings (SSSR count). The fourth-order valence-electron chi connectivity index (χ4n) is 3.71. The molecule has 138 valence electrons. The molecule has 5 heteroatoms. The lowest BCUT2D eigenvalue weighted by Crippen LogP contribution is -2.43. The molecule has 2 atom stereocenters. The van der Waals surface area contributed by atoms with Crippen LogP contribution in [0, 0.1) is 18.8 Å². The first-order valence-electron chi connectivity index (χ1n) is 9.35. The van der Waals surface area contributed by atoms with E-state index in [0.29, 0.717) is 24.8 Å². The van der Waals surface area contributed by atoms with Gasteiger partial charge < -0.3 is 4.90 Å². The Morgan fingerprint density at radius 3 is 2.38 bits per heavy atom. The van der Waals surface area contributed by atoms with Gasteiger partial charge >= 0.3 is 0 Å². The van der Waals surface area contributed by atoms with E-state index >= 15 is 0 Å². The van der Waals surface area contributed by atoms with Crippen LogP contribution in [-0.4, -0.2) is 33.7 Å². The quantitative estimate of drug-likeness (QED) is 0.849. The lowest BCUT2D eigenvalue weighted by atomic mass is 9.92. The number of piperidine rings is 1. The maximum Gasteiger partial charge on any atom is 0.266 e. The molecule has 1 saturated heterocycles. The Hall–Kier alpha value is -2.43. The summed E-state index contributed by atoms with van der Waals surface area (Å²) in [6, 6.07) is 11.3. The minimum atomic E-state index is -0.172. The summed E-state index contributed by atoms with van der Waals surface area (Å²) in [5.41, 5.74) is 2.72. The highest BCUT2D eigenvalue weighted by molar-refractivity contribution is 5.76. The van der Waals surface area contributed by atoms with Gasteiger partial charge in [-0.15, -0.1) is 0 Å². The van der Waals surface area contributed by atoms with Crippen LogP contribution in [-0.2, 0) is 11.3 Å². The molecule has 2 heterocycles. The van der Waals surface area contributed by atoms with Crippen LogP contribution in [0.1, 0.15) is 32.3 Å². The van der Waals surface area contributed by atoms with Gasteiger partial charge in [-0.1, -0.05) is 43.7 Å². The van der Waals surface area contributed by atoms with Gasteiger partial charge in [-0.2, -0.15) is 5.10 Å². The predicted molar refractivity (Wildman–Crippen MR) is 103 cm³/mol. The molecule has 1 aliphatic heterocycles. The van der Waals surface area contributed by atoms with Gasteiger partial charge in [0.25, 0.3) is 5.56 Å². The molecular weight excluding hydrogens is 326 g/mol. The van der Waals surface area contributed by atoms with Gasteiger partial charge in [-0.05, 0) is 31.2 Å². The normalized spacial score (nSPS) is 20.2. The number of aryl methyl sites for hydroxylation is 2. The lowest BCUT2D eigenvalue weighted by molar-refractivity contribution is -0.134. The molecule has 5 nitrogen and oxygen atoms in total. The van der Waals surface area contributed by atoms with Crippen molar-refractivity contribution in [3.05, 3.63) is 52.3 Å². The van der Waals surface area contributed by atoms with Crippen molar-refractivity contribution < 1.29 is 4.79 Å². The Morgan fingerprint density at radius 1 is 1.08 bits per heavy atom. The molecule has 1 fully saturated rings. The second-order valence-corrected chi connectivity index (χ2v) is 7.64. The minimum Gasteiger partial charge on any atom is -0.342 e. The van der Waals surface area contributed by atoms with Gasteiger partial charge in [0.1, 0.15) is 0 Å². The Labute approximate surface area is 154 Å². The molecular formula is C21H27N3O2. The third kappa shape index (κ3) is 4.40. The summed E-state index contributed by atoms with van der Waals surface area (Å²) in [6.07, 6.45) is 1.48. The van der Waals surface area contributed by atoms with Crippen LogP contribution in [0.3, 0.4) is 0 Å². The number of amides is 1. The molecule has 2 unspecified atom stereocenters. The van der Waals surface area contributed by atoms with Crippen LogP contribution in [0.15, 0.2) is 41.2 Å². The van der Waals surface area contributed by atoms with Crippen LogP contribution in [0.4, 0.5) is 0 Å². The highest BCUT2D eigenvalue weighted by Crippen LogP contribution is 2.21. The average Bonchev–Trinajstić information content (AvgIpc) is 2.60. The summed E-state index contributed by atoms with van der Waals surface area (Å²) >= 11 is 0. The molecule has 26 heavy (non-hydrogen) atoms. The SMILES string of the molecule is Cc1ccc(-c2ccc(=O)n(CCC(=O)N3CC(C)CC(C)C3)n2)cc1. The lowest BCUT2D eigenvalue weighted by Gasteiger charge is -2.35. The van der Waals surface area contributed by atoms with Crippen molar-refractivity contribution >= 4 is 5.91 Å². The number of hydrogen-bond acceptors (Lipinski definition) is 3. The Balaban J connectivity index is 1.69. The van der Waals surface area contributed by atoms with Crippen molar-refractivity contribution in [2.24, 2.45) is 11.8 Å². The summed E-state index contributed by atoms with van der Waals surface area (Å²) in [5.74, 6) is 1.18.